The van der Waals surface area contributed by atoms with Crippen LogP contribution >= 0.6 is 35.3 Å². The zero-order chi connectivity index (χ0) is 16.0. The standard InChI is InChI=1S/C14H24N4O2S2.HI/c1-15-14(17-11-13-4-3-9-21-13)16-10-12-5-7-18(8-6-12)22(2,19)20;/h3-4,9,12H,5-8,10-11H2,1-2H3,(H2,15,16,17);1H. The Morgan fingerprint density at radius 1 is 1.39 bits per heavy atom. The number of aliphatic imine (C=N–C) groups is 1. The van der Waals surface area contributed by atoms with Crippen LogP contribution in [0.5, 0.6) is 0 Å². The van der Waals surface area contributed by atoms with Crippen molar-refractivity contribution < 1.29 is 8.42 Å². The van der Waals surface area contributed by atoms with Gasteiger partial charge in [-0.2, -0.15) is 0 Å². The summed E-state index contributed by atoms with van der Waals surface area (Å²) >= 11 is 1.72. The van der Waals surface area contributed by atoms with Crippen molar-refractivity contribution >= 4 is 51.3 Å². The van der Waals surface area contributed by atoms with Crippen molar-refractivity contribution in [1.82, 2.24) is 14.9 Å². The van der Waals surface area contributed by atoms with E-state index in [1.807, 2.05) is 6.07 Å². The number of hydrogen-bond acceptors (Lipinski definition) is 4. The fourth-order valence-electron chi connectivity index (χ4n) is 2.49. The molecule has 0 aromatic carbocycles. The molecule has 1 aliphatic rings. The van der Waals surface area contributed by atoms with Gasteiger partial charge in [0.05, 0.1) is 12.8 Å². The number of nitrogens with zero attached hydrogens (tertiary/aromatic N) is 2. The van der Waals surface area contributed by atoms with E-state index in [0.717, 1.165) is 31.9 Å². The van der Waals surface area contributed by atoms with Crippen molar-refractivity contribution in [3.8, 4) is 0 Å². The van der Waals surface area contributed by atoms with Crippen LogP contribution in [0.2, 0.25) is 0 Å². The zero-order valence-electron chi connectivity index (χ0n) is 13.5. The van der Waals surface area contributed by atoms with E-state index in [1.165, 1.54) is 11.1 Å². The van der Waals surface area contributed by atoms with Gasteiger partial charge < -0.3 is 10.6 Å². The smallest absolute Gasteiger partial charge is 0.211 e. The average Bonchev–Trinajstić information content (AvgIpc) is 3.00. The summed E-state index contributed by atoms with van der Waals surface area (Å²) in [7, 11) is -1.28. The summed E-state index contributed by atoms with van der Waals surface area (Å²) in [5.41, 5.74) is 0. The predicted molar refractivity (Wildman–Crippen MR) is 107 cm³/mol. The molecule has 0 aliphatic carbocycles. The Kier molecular flexibility index (Phi) is 8.80. The minimum absolute atomic E-state index is 0. The van der Waals surface area contributed by atoms with Crippen molar-refractivity contribution in [3.63, 3.8) is 0 Å². The third-order valence-corrected chi connectivity index (χ3v) is 6.01. The molecule has 0 spiro atoms. The normalized spacial score (nSPS) is 17.6. The number of halogens is 1. The minimum Gasteiger partial charge on any atom is -0.356 e. The molecule has 0 bridgehead atoms. The van der Waals surface area contributed by atoms with Gasteiger partial charge in [-0.05, 0) is 30.2 Å². The number of nitrogens with one attached hydrogen (secondary N) is 2. The summed E-state index contributed by atoms with van der Waals surface area (Å²) < 4.78 is 24.5. The third-order valence-electron chi connectivity index (χ3n) is 3.83. The zero-order valence-corrected chi connectivity index (χ0v) is 17.5. The molecule has 2 N–H and O–H groups in total. The van der Waals surface area contributed by atoms with Crippen LogP contribution in [0.25, 0.3) is 0 Å². The lowest BCUT2D eigenvalue weighted by Gasteiger charge is -2.30. The van der Waals surface area contributed by atoms with Gasteiger partial charge in [-0.3, -0.25) is 4.99 Å². The quantitative estimate of drug-likeness (QED) is 0.389. The van der Waals surface area contributed by atoms with E-state index in [9.17, 15) is 8.42 Å². The van der Waals surface area contributed by atoms with Crippen molar-refractivity contribution in [1.29, 1.82) is 0 Å². The van der Waals surface area contributed by atoms with Gasteiger partial charge in [0, 0.05) is 31.6 Å². The number of thiophene rings is 1. The van der Waals surface area contributed by atoms with Crippen LogP contribution in [0.1, 0.15) is 17.7 Å². The highest BCUT2D eigenvalue weighted by atomic mass is 127. The van der Waals surface area contributed by atoms with Gasteiger partial charge in [-0.25, -0.2) is 12.7 Å². The van der Waals surface area contributed by atoms with Crippen LogP contribution in [-0.2, 0) is 16.6 Å². The fraction of sp³-hybridized carbons (Fsp3) is 0.643. The van der Waals surface area contributed by atoms with E-state index in [0.29, 0.717) is 19.0 Å². The Morgan fingerprint density at radius 3 is 2.61 bits per heavy atom. The molecule has 2 heterocycles. The van der Waals surface area contributed by atoms with Crippen LogP contribution in [-0.4, -0.2) is 51.6 Å². The van der Waals surface area contributed by atoms with Gasteiger partial charge in [0.15, 0.2) is 5.96 Å². The molecule has 1 saturated heterocycles. The summed E-state index contributed by atoms with van der Waals surface area (Å²) in [6.45, 7) is 2.82. The van der Waals surface area contributed by atoms with E-state index in [2.05, 4.69) is 27.1 Å². The maximum absolute atomic E-state index is 11.5. The Balaban J connectivity index is 0.00000264. The molecule has 0 amide bonds. The Morgan fingerprint density at radius 2 is 2.09 bits per heavy atom. The van der Waals surface area contributed by atoms with Crippen molar-refractivity contribution in [3.05, 3.63) is 22.4 Å². The lowest BCUT2D eigenvalue weighted by molar-refractivity contribution is 0.275. The van der Waals surface area contributed by atoms with Gasteiger partial charge in [-0.15, -0.1) is 35.3 Å². The molecule has 1 fully saturated rings. The van der Waals surface area contributed by atoms with Crippen LogP contribution < -0.4 is 10.6 Å². The van der Waals surface area contributed by atoms with Crippen molar-refractivity contribution in [2.75, 3.05) is 32.9 Å². The summed E-state index contributed by atoms with van der Waals surface area (Å²) in [6, 6.07) is 4.12. The van der Waals surface area contributed by atoms with E-state index in [4.69, 9.17) is 0 Å². The van der Waals surface area contributed by atoms with Crippen LogP contribution in [0.3, 0.4) is 0 Å². The monoisotopic (exact) mass is 472 g/mol. The lowest BCUT2D eigenvalue weighted by atomic mass is 9.98. The van der Waals surface area contributed by atoms with Crippen molar-refractivity contribution in [2.24, 2.45) is 10.9 Å². The Labute approximate surface area is 159 Å². The first kappa shape index (κ1) is 20.7. The molecule has 23 heavy (non-hydrogen) atoms. The molecule has 1 aliphatic heterocycles. The molecule has 1 aromatic rings. The van der Waals surface area contributed by atoms with Crippen LogP contribution in [0.4, 0.5) is 0 Å². The van der Waals surface area contributed by atoms with Crippen molar-refractivity contribution in [2.45, 2.75) is 19.4 Å². The maximum atomic E-state index is 11.5. The molecule has 2 rings (SSSR count). The van der Waals surface area contributed by atoms with E-state index >= 15 is 0 Å². The summed E-state index contributed by atoms with van der Waals surface area (Å²) in [5.74, 6) is 1.28. The average molecular weight is 472 g/mol. The molecular weight excluding hydrogens is 447 g/mol. The first-order chi connectivity index (χ1) is 10.5. The molecule has 0 radical (unpaired) electrons. The maximum Gasteiger partial charge on any atom is 0.211 e. The second-order valence-corrected chi connectivity index (χ2v) is 8.51. The van der Waals surface area contributed by atoms with Gasteiger partial charge in [0.25, 0.3) is 0 Å². The highest BCUT2D eigenvalue weighted by Crippen LogP contribution is 2.18. The predicted octanol–water partition coefficient (Wildman–Crippen LogP) is 1.70. The van der Waals surface area contributed by atoms with E-state index < -0.39 is 10.0 Å². The van der Waals surface area contributed by atoms with Gasteiger partial charge in [0.1, 0.15) is 0 Å². The first-order valence-corrected chi connectivity index (χ1v) is 10.1. The van der Waals surface area contributed by atoms with Crippen LogP contribution in [0.15, 0.2) is 22.5 Å². The molecule has 0 atom stereocenters. The van der Waals surface area contributed by atoms with Crippen LogP contribution in [0, 0.1) is 5.92 Å². The molecule has 9 heteroatoms. The SMILES string of the molecule is CN=C(NCc1cccs1)NCC1CCN(S(C)(=O)=O)CC1.I. The lowest BCUT2D eigenvalue weighted by Crippen LogP contribution is -2.43. The number of rotatable bonds is 5. The molecule has 132 valence electrons. The topological polar surface area (TPSA) is 73.8 Å². The second kappa shape index (κ2) is 9.80. The minimum atomic E-state index is -3.04. The van der Waals surface area contributed by atoms with Gasteiger partial charge >= 0.3 is 0 Å². The highest BCUT2D eigenvalue weighted by molar-refractivity contribution is 14.0. The second-order valence-electron chi connectivity index (χ2n) is 5.49. The molecule has 0 unspecified atom stereocenters. The van der Waals surface area contributed by atoms with E-state index in [-0.39, 0.29) is 24.0 Å². The molecule has 6 nitrogen and oxygen atoms in total. The number of piperidine rings is 1. The number of guanidine groups is 1. The Bertz CT molecular complexity index is 582. The third kappa shape index (κ3) is 6.94. The van der Waals surface area contributed by atoms with Gasteiger partial charge in [0.2, 0.25) is 10.0 Å². The molecular formula is C14H25IN4O2S2. The number of hydrogen-bond donors (Lipinski definition) is 2. The fourth-order valence-corrected chi connectivity index (χ4v) is 4.01. The highest BCUT2D eigenvalue weighted by Gasteiger charge is 2.24. The summed E-state index contributed by atoms with van der Waals surface area (Å²) in [4.78, 5) is 5.49. The molecule has 1 aromatic heterocycles. The first-order valence-electron chi connectivity index (χ1n) is 7.41. The largest absolute Gasteiger partial charge is 0.356 e. The summed E-state index contributed by atoms with van der Waals surface area (Å²) in [5, 5.41) is 8.68. The number of sulfonamides is 1. The Hall–Kier alpha value is -0.390. The molecule has 0 saturated carbocycles. The van der Waals surface area contributed by atoms with E-state index in [1.54, 1.807) is 22.7 Å². The summed E-state index contributed by atoms with van der Waals surface area (Å²) in [6.07, 6.45) is 3.06. The van der Waals surface area contributed by atoms with Gasteiger partial charge in [-0.1, -0.05) is 6.07 Å².